The van der Waals surface area contributed by atoms with Crippen LogP contribution in [0.1, 0.15) is 11.1 Å². The van der Waals surface area contributed by atoms with Gasteiger partial charge in [-0.1, -0.05) is 11.6 Å². The summed E-state index contributed by atoms with van der Waals surface area (Å²) in [6.07, 6.45) is 0. The zero-order chi connectivity index (χ0) is 18.6. The number of rotatable bonds is 5. The van der Waals surface area contributed by atoms with Gasteiger partial charge in [0.1, 0.15) is 5.82 Å². The van der Waals surface area contributed by atoms with Gasteiger partial charge in [-0.15, -0.1) is 0 Å². The van der Waals surface area contributed by atoms with Crippen LogP contribution in [0, 0.1) is 12.7 Å². The van der Waals surface area contributed by atoms with Gasteiger partial charge in [0.2, 0.25) is 0 Å². The largest absolute Gasteiger partial charge is 0.493 e. The number of halogens is 2. The van der Waals surface area contributed by atoms with Crippen LogP contribution in [0.2, 0.25) is 5.02 Å². The van der Waals surface area contributed by atoms with E-state index in [9.17, 15) is 4.39 Å². The molecule has 0 heterocycles. The standard InChI is InChI=1S/C18H20ClFN2O2S/c1-11-7-16(23-3)17(24-4)8-12(11)10-22(2)18(25)21-13-5-6-15(20)14(19)9-13/h5-9H,10H2,1-4H3,(H,21,25). The summed E-state index contributed by atoms with van der Waals surface area (Å²) in [5.74, 6) is 0.890. The van der Waals surface area contributed by atoms with Crippen LogP contribution < -0.4 is 14.8 Å². The third-order valence-corrected chi connectivity index (χ3v) is 4.47. The molecule has 25 heavy (non-hydrogen) atoms. The summed E-state index contributed by atoms with van der Waals surface area (Å²) in [6, 6.07) is 8.24. The van der Waals surface area contributed by atoms with Crippen LogP contribution in [0.3, 0.4) is 0 Å². The highest BCUT2D eigenvalue weighted by molar-refractivity contribution is 7.80. The molecule has 7 heteroatoms. The first-order valence-electron chi connectivity index (χ1n) is 7.54. The van der Waals surface area contributed by atoms with Crippen LogP contribution in [0.4, 0.5) is 10.1 Å². The number of benzene rings is 2. The molecular weight excluding hydrogens is 363 g/mol. The molecule has 0 saturated carbocycles. The van der Waals surface area contributed by atoms with E-state index in [4.69, 9.17) is 33.3 Å². The summed E-state index contributed by atoms with van der Waals surface area (Å²) >= 11 is 11.2. The maximum atomic E-state index is 13.2. The quantitative estimate of drug-likeness (QED) is 0.762. The van der Waals surface area contributed by atoms with E-state index in [1.165, 1.54) is 12.1 Å². The molecule has 0 aliphatic carbocycles. The lowest BCUT2D eigenvalue weighted by atomic mass is 10.1. The summed E-state index contributed by atoms with van der Waals surface area (Å²) < 4.78 is 23.9. The predicted octanol–water partition coefficient (Wildman–Crippen LogP) is 4.63. The molecule has 0 aliphatic rings. The SMILES string of the molecule is COc1cc(C)c(CN(C)C(=S)Nc2ccc(F)c(Cl)c2)cc1OC. The molecule has 2 aromatic rings. The fraction of sp³-hybridized carbons (Fsp3) is 0.278. The van der Waals surface area contributed by atoms with Gasteiger partial charge in [0.05, 0.1) is 19.2 Å². The smallest absolute Gasteiger partial charge is 0.173 e. The first-order chi connectivity index (χ1) is 11.8. The molecule has 0 aromatic heterocycles. The number of aryl methyl sites for hydroxylation is 1. The summed E-state index contributed by atoms with van der Waals surface area (Å²) in [5, 5.41) is 3.60. The molecule has 0 radical (unpaired) electrons. The summed E-state index contributed by atoms with van der Waals surface area (Å²) in [4.78, 5) is 1.88. The van der Waals surface area contributed by atoms with Crippen LogP contribution in [0.25, 0.3) is 0 Å². The molecule has 4 nitrogen and oxygen atoms in total. The minimum absolute atomic E-state index is 0.0474. The first kappa shape index (κ1) is 19.3. The van der Waals surface area contributed by atoms with Gasteiger partial charge in [-0.2, -0.15) is 0 Å². The highest BCUT2D eigenvalue weighted by atomic mass is 35.5. The topological polar surface area (TPSA) is 33.7 Å². The van der Waals surface area contributed by atoms with Crippen molar-refractivity contribution in [3.05, 3.63) is 52.3 Å². The number of hydrogen-bond donors (Lipinski definition) is 1. The Labute approximate surface area is 157 Å². The number of thiocarbonyl (C=S) groups is 1. The lowest BCUT2D eigenvalue weighted by Crippen LogP contribution is -2.30. The van der Waals surface area contributed by atoms with Crippen LogP contribution >= 0.6 is 23.8 Å². The van der Waals surface area contributed by atoms with Crippen molar-refractivity contribution in [2.45, 2.75) is 13.5 Å². The van der Waals surface area contributed by atoms with Crippen LogP contribution in [-0.4, -0.2) is 31.3 Å². The monoisotopic (exact) mass is 382 g/mol. The summed E-state index contributed by atoms with van der Waals surface area (Å²) in [6.45, 7) is 2.58. The number of nitrogens with one attached hydrogen (secondary N) is 1. The van der Waals surface area contributed by atoms with Crippen LogP contribution in [-0.2, 0) is 6.54 Å². The Hall–Kier alpha value is -2.05. The molecule has 1 N–H and O–H groups in total. The summed E-state index contributed by atoms with van der Waals surface area (Å²) in [5.41, 5.74) is 2.76. The fourth-order valence-corrected chi connectivity index (χ4v) is 2.68. The van der Waals surface area contributed by atoms with E-state index in [1.54, 1.807) is 20.3 Å². The number of anilines is 1. The van der Waals surface area contributed by atoms with Crippen molar-refractivity contribution in [1.29, 1.82) is 0 Å². The van der Waals surface area contributed by atoms with E-state index in [0.29, 0.717) is 28.8 Å². The molecule has 0 aliphatic heterocycles. The van der Waals surface area contributed by atoms with Crippen molar-refractivity contribution in [3.63, 3.8) is 0 Å². The zero-order valence-corrected chi connectivity index (χ0v) is 16.1. The van der Waals surface area contributed by atoms with Crippen LogP contribution in [0.15, 0.2) is 30.3 Å². The fourth-order valence-electron chi connectivity index (χ4n) is 2.31. The minimum atomic E-state index is -0.465. The molecule has 0 bridgehead atoms. The Bertz CT molecular complexity index is 786. The average Bonchev–Trinajstić information content (AvgIpc) is 2.59. The Kier molecular flexibility index (Phi) is 6.45. The van der Waals surface area contributed by atoms with E-state index in [0.717, 1.165) is 11.1 Å². The number of methoxy groups -OCH3 is 2. The molecule has 0 unspecified atom stereocenters. The minimum Gasteiger partial charge on any atom is -0.493 e. The molecule has 0 amide bonds. The molecule has 134 valence electrons. The Morgan fingerprint density at radius 1 is 1.20 bits per heavy atom. The van der Waals surface area contributed by atoms with Crippen molar-refractivity contribution in [2.75, 3.05) is 26.6 Å². The Morgan fingerprint density at radius 2 is 1.84 bits per heavy atom. The van der Waals surface area contributed by atoms with Gasteiger partial charge < -0.3 is 19.7 Å². The van der Waals surface area contributed by atoms with E-state index in [1.807, 2.05) is 31.0 Å². The summed E-state index contributed by atoms with van der Waals surface area (Å²) in [7, 11) is 5.08. The average molecular weight is 383 g/mol. The van der Waals surface area contributed by atoms with Crippen LogP contribution in [0.5, 0.6) is 11.5 Å². The van der Waals surface area contributed by atoms with E-state index >= 15 is 0 Å². The zero-order valence-electron chi connectivity index (χ0n) is 14.5. The van der Waals surface area contributed by atoms with Crippen molar-refractivity contribution in [2.24, 2.45) is 0 Å². The van der Waals surface area contributed by atoms with E-state index < -0.39 is 5.82 Å². The van der Waals surface area contributed by atoms with Gasteiger partial charge in [0.25, 0.3) is 0 Å². The van der Waals surface area contributed by atoms with Gasteiger partial charge in [0, 0.05) is 19.3 Å². The first-order valence-corrected chi connectivity index (χ1v) is 8.33. The van der Waals surface area contributed by atoms with Gasteiger partial charge in [-0.05, 0) is 60.6 Å². The number of ether oxygens (including phenoxy) is 2. The number of hydrogen-bond acceptors (Lipinski definition) is 3. The highest BCUT2D eigenvalue weighted by Crippen LogP contribution is 2.30. The maximum absolute atomic E-state index is 13.2. The third-order valence-electron chi connectivity index (χ3n) is 3.77. The molecule has 0 fully saturated rings. The maximum Gasteiger partial charge on any atom is 0.173 e. The van der Waals surface area contributed by atoms with Gasteiger partial charge in [-0.3, -0.25) is 0 Å². The lowest BCUT2D eigenvalue weighted by Gasteiger charge is -2.23. The molecular formula is C18H20ClFN2O2S. The number of nitrogens with zero attached hydrogens (tertiary/aromatic N) is 1. The molecule has 0 spiro atoms. The molecule has 2 aromatic carbocycles. The van der Waals surface area contributed by atoms with Gasteiger partial charge >= 0.3 is 0 Å². The third kappa shape index (κ3) is 4.74. The van der Waals surface area contributed by atoms with Crippen molar-refractivity contribution >= 4 is 34.6 Å². The van der Waals surface area contributed by atoms with Crippen molar-refractivity contribution in [3.8, 4) is 11.5 Å². The second-order valence-electron chi connectivity index (χ2n) is 5.55. The Morgan fingerprint density at radius 3 is 2.44 bits per heavy atom. The van der Waals surface area contributed by atoms with E-state index in [-0.39, 0.29) is 5.02 Å². The predicted molar refractivity (Wildman–Crippen MR) is 103 cm³/mol. The molecule has 0 saturated heterocycles. The van der Waals surface area contributed by atoms with Crippen molar-refractivity contribution in [1.82, 2.24) is 4.90 Å². The van der Waals surface area contributed by atoms with Gasteiger partial charge in [-0.25, -0.2) is 4.39 Å². The normalized spacial score (nSPS) is 10.3. The second-order valence-corrected chi connectivity index (χ2v) is 6.34. The van der Waals surface area contributed by atoms with Gasteiger partial charge in [0.15, 0.2) is 16.6 Å². The Balaban J connectivity index is 2.11. The lowest BCUT2D eigenvalue weighted by molar-refractivity contribution is 0.353. The van der Waals surface area contributed by atoms with Crippen molar-refractivity contribution < 1.29 is 13.9 Å². The highest BCUT2D eigenvalue weighted by Gasteiger charge is 2.12. The molecule has 2 rings (SSSR count). The van der Waals surface area contributed by atoms with E-state index in [2.05, 4.69) is 5.32 Å². The molecule has 0 atom stereocenters. The second kappa shape index (κ2) is 8.36.